The maximum atomic E-state index is 12.2. The molecule has 3 rings (SSSR count). The molecule has 1 amide bonds. The van der Waals surface area contributed by atoms with Gasteiger partial charge in [0, 0.05) is 19.5 Å². The van der Waals surface area contributed by atoms with Gasteiger partial charge in [0.15, 0.2) is 0 Å². The SMILES string of the molecule is CCc1c(CN(C(C)=O)C2CCNCC2)ccc2ccccc12. The Bertz CT molecular complexity index is 689. The maximum absolute atomic E-state index is 12.2. The van der Waals surface area contributed by atoms with Gasteiger partial charge in [-0.1, -0.05) is 43.3 Å². The number of benzene rings is 2. The summed E-state index contributed by atoms with van der Waals surface area (Å²) in [5, 5.41) is 5.98. The monoisotopic (exact) mass is 310 g/mol. The van der Waals surface area contributed by atoms with Crippen LogP contribution in [0.4, 0.5) is 0 Å². The number of carbonyl (C=O) groups is 1. The van der Waals surface area contributed by atoms with Crippen LogP contribution in [0.15, 0.2) is 36.4 Å². The van der Waals surface area contributed by atoms with E-state index in [9.17, 15) is 4.79 Å². The number of hydrogen-bond acceptors (Lipinski definition) is 2. The molecular formula is C20H26N2O. The minimum Gasteiger partial charge on any atom is -0.336 e. The lowest BCUT2D eigenvalue weighted by Gasteiger charge is -2.34. The lowest BCUT2D eigenvalue weighted by molar-refractivity contribution is -0.132. The average molecular weight is 310 g/mol. The second-order valence-electron chi connectivity index (χ2n) is 6.41. The summed E-state index contributed by atoms with van der Waals surface area (Å²) in [7, 11) is 0. The summed E-state index contributed by atoms with van der Waals surface area (Å²) in [6, 6.07) is 13.3. The van der Waals surface area contributed by atoms with Crippen molar-refractivity contribution in [2.24, 2.45) is 0 Å². The molecule has 1 fully saturated rings. The summed E-state index contributed by atoms with van der Waals surface area (Å²) in [6.45, 7) is 6.65. The summed E-state index contributed by atoms with van der Waals surface area (Å²) < 4.78 is 0. The van der Waals surface area contributed by atoms with E-state index < -0.39 is 0 Å². The van der Waals surface area contributed by atoms with Crippen LogP contribution in [-0.4, -0.2) is 29.9 Å². The summed E-state index contributed by atoms with van der Waals surface area (Å²) in [4.78, 5) is 14.3. The van der Waals surface area contributed by atoms with Gasteiger partial charge in [-0.25, -0.2) is 0 Å². The molecule has 1 aliphatic rings. The zero-order valence-electron chi connectivity index (χ0n) is 14.1. The molecule has 3 nitrogen and oxygen atoms in total. The Balaban J connectivity index is 1.93. The molecule has 0 aromatic heterocycles. The number of nitrogens with zero attached hydrogens (tertiary/aromatic N) is 1. The molecule has 0 aliphatic carbocycles. The first-order chi connectivity index (χ1) is 11.2. The van der Waals surface area contributed by atoms with Crippen LogP contribution in [-0.2, 0) is 17.8 Å². The Kier molecular flexibility index (Phi) is 4.97. The Labute approximate surface area is 138 Å². The molecule has 1 N–H and O–H groups in total. The van der Waals surface area contributed by atoms with Gasteiger partial charge in [0.1, 0.15) is 0 Å². The van der Waals surface area contributed by atoms with Gasteiger partial charge in [0.25, 0.3) is 0 Å². The fourth-order valence-corrected chi connectivity index (χ4v) is 3.75. The van der Waals surface area contributed by atoms with Crippen molar-refractivity contribution in [1.82, 2.24) is 10.2 Å². The number of aryl methyl sites for hydroxylation is 1. The summed E-state index contributed by atoms with van der Waals surface area (Å²) >= 11 is 0. The van der Waals surface area contributed by atoms with Crippen LogP contribution in [0.5, 0.6) is 0 Å². The first kappa shape index (κ1) is 16.0. The largest absolute Gasteiger partial charge is 0.336 e. The van der Waals surface area contributed by atoms with Crippen molar-refractivity contribution in [1.29, 1.82) is 0 Å². The van der Waals surface area contributed by atoms with Gasteiger partial charge in [-0.15, -0.1) is 0 Å². The second kappa shape index (κ2) is 7.14. The molecule has 0 radical (unpaired) electrons. The smallest absolute Gasteiger partial charge is 0.219 e. The molecule has 1 heterocycles. The van der Waals surface area contributed by atoms with E-state index in [-0.39, 0.29) is 5.91 Å². The Morgan fingerprint density at radius 2 is 1.91 bits per heavy atom. The Morgan fingerprint density at radius 1 is 1.17 bits per heavy atom. The second-order valence-corrected chi connectivity index (χ2v) is 6.41. The molecule has 1 saturated heterocycles. The van der Waals surface area contributed by atoms with Crippen molar-refractivity contribution < 1.29 is 4.79 Å². The van der Waals surface area contributed by atoms with Crippen LogP contribution < -0.4 is 5.32 Å². The van der Waals surface area contributed by atoms with E-state index in [1.807, 2.05) is 0 Å². The minimum atomic E-state index is 0.187. The summed E-state index contributed by atoms with van der Waals surface area (Å²) in [6.07, 6.45) is 3.10. The summed E-state index contributed by atoms with van der Waals surface area (Å²) in [5.41, 5.74) is 2.67. The maximum Gasteiger partial charge on any atom is 0.219 e. The Hall–Kier alpha value is -1.87. The highest BCUT2D eigenvalue weighted by molar-refractivity contribution is 5.87. The number of nitrogens with one attached hydrogen (secondary N) is 1. The molecule has 0 unspecified atom stereocenters. The van der Waals surface area contributed by atoms with Crippen molar-refractivity contribution in [2.75, 3.05) is 13.1 Å². The predicted molar refractivity (Wildman–Crippen MR) is 95.4 cm³/mol. The van der Waals surface area contributed by atoms with Gasteiger partial charge in [-0.05, 0) is 54.3 Å². The van der Waals surface area contributed by atoms with Gasteiger partial charge in [-0.2, -0.15) is 0 Å². The minimum absolute atomic E-state index is 0.187. The van der Waals surface area contributed by atoms with Crippen molar-refractivity contribution >= 4 is 16.7 Å². The lowest BCUT2D eigenvalue weighted by Crippen LogP contribution is -2.45. The van der Waals surface area contributed by atoms with Gasteiger partial charge in [0.2, 0.25) is 5.91 Å². The van der Waals surface area contributed by atoms with Crippen LogP contribution in [0, 0.1) is 0 Å². The molecular weight excluding hydrogens is 284 g/mol. The van der Waals surface area contributed by atoms with Gasteiger partial charge in [0.05, 0.1) is 0 Å². The number of fused-ring (bicyclic) bond motifs is 1. The first-order valence-corrected chi connectivity index (χ1v) is 8.68. The molecule has 0 bridgehead atoms. The summed E-state index contributed by atoms with van der Waals surface area (Å²) in [5.74, 6) is 0.187. The highest BCUT2D eigenvalue weighted by Gasteiger charge is 2.24. The molecule has 0 saturated carbocycles. The van der Waals surface area contributed by atoms with Gasteiger partial charge >= 0.3 is 0 Å². The predicted octanol–water partition coefficient (Wildman–Crippen LogP) is 3.50. The molecule has 3 heteroatoms. The van der Waals surface area contributed by atoms with Crippen molar-refractivity contribution in [3.05, 3.63) is 47.5 Å². The van der Waals surface area contributed by atoms with E-state index in [0.717, 1.165) is 38.9 Å². The number of hydrogen-bond donors (Lipinski definition) is 1. The highest BCUT2D eigenvalue weighted by atomic mass is 16.2. The zero-order chi connectivity index (χ0) is 16.2. The van der Waals surface area contributed by atoms with Crippen LogP contribution >= 0.6 is 0 Å². The molecule has 1 aliphatic heterocycles. The third kappa shape index (κ3) is 3.40. The fourth-order valence-electron chi connectivity index (χ4n) is 3.75. The lowest BCUT2D eigenvalue weighted by atomic mass is 9.95. The van der Waals surface area contributed by atoms with E-state index in [0.29, 0.717) is 6.04 Å². The molecule has 0 spiro atoms. The van der Waals surface area contributed by atoms with E-state index in [1.54, 1.807) is 6.92 Å². The number of amides is 1. The number of piperidine rings is 1. The van der Waals surface area contributed by atoms with Crippen molar-refractivity contribution in [3.63, 3.8) is 0 Å². The average Bonchev–Trinajstić information content (AvgIpc) is 2.59. The molecule has 2 aromatic carbocycles. The van der Waals surface area contributed by atoms with E-state index in [2.05, 4.69) is 53.5 Å². The topological polar surface area (TPSA) is 32.3 Å². The molecule has 0 atom stereocenters. The van der Waals surface area contributed by atoms with Crippen LogP contribution in [0.25, 0.3) is 10.8 Å². The molecule has 2 aromatic rings. The van der Waals surface area contributed by atoms with E-state index in [4.69, 9.17) is 0 Å². The Morgan fingerprint density at radius 3 is 2.61 bits per heavy atom. The molecule has 23 heavy (non-hydrogen) atoms. The third-order valence-electron chi connectivity index (χ3n) is 4.99. The highest BCUT2D eigenvalue weighted by Crippen LogP contribution is 2.25. The normalized spacial score (nSPS) is 15.7. The van der Waals surface area contributed by atoms with Crippen LogP contribution in [0.1, 0.15) is 37.8 Å². The quantitative estimate of drug-likeness (QED) is 0.937. The van der Waals surface area contributed by atoms with E-state index in [1.165, 1.54) is 21.9 Å². The standard InChI is InChI=1S/C20H26N2O/c1-3-19-17(9-8-16-6-4-5-7-20(16)19)14-22(15(2)23)18-10-12-21-13-11-18/h4-9,18,21H,3,10-14H2,1-2H3. The zero-order valence-corrected chi connectivity index (χ0v) is 14.1. The molecule has 122 valence electrons. The first-order valence-electron chi connectivity index (χ1n) is 8.68. The number of rotatable bonds is 4. The fraction of sp³-hybridized carbons (Fsp3) is 0.450. The van der Waals surface area contributed by atoms with Gasteiger partial charge < -0.3 is 10.2 Å². The van der Waals surface area contributed by atoms with Crippen LogP contribution in [0.2, 0.25) is 0 Å². The van der Waals surface area contributed by atoms with E-state index >= 15 is 0 Å². The third-order valence-corrected chi connectivity index (χ3v) is 4.99. The van der Waals surface area contributed by atoms with Crippen molar-refractivity contribution in [3.8, 4) is 0 Å². The van der Waals surface area contributed by atoms with Crippen molar-refractivity contribution in [2.45, 2.75) is 45.7 Å². The van der Waals surface area contributed by atoms with Gasteiger partial charge in [-0.3, -0.25) is 4.79 Å². The number of carbonyl (C=O) groups excluding carboxylic acids is 1. The van der Waals surface area contributed by atoms with Crippen LogP contribution in [0.3, 0.4) is 0 Å².